The van der Waals surface area contributed by atoms with Crippen LogP contribution < -0.4 is 0 Å². The molecular formula is C5H2BrCl2N3O. The van der Waals surface area contributed by atoms with E-state index in [4.69, 9.17) is 23.2 Å². The van der Waals surface area contributed by atoms with Crippen molar-refractivity contribution in [1.29, 1.82) is 0 Å². The van der Waals surface area contributed by atoms with E-state index < -0.39 is 0 Å². The summed E-state index contributed by atoms with van der Waals surface area (Å²) >= 11 is 14.2. The van der Waals surface area contributed by atoms with Gasteiger partial charge in [0, 0.05) is 5.33 Å². The highest BCUT2D eigenvalue weighted by molar-refractivity contribution is 9.08. The number of alkyl halides is 1. The molecule has 0 aliphatic carbocycles. The molecule has 7 heteroatoms. The van der Waals surface area contributed by atoms with Gasteiger partial charge in [-0.05, 0) is 16.8 Å². The lowest BCUT2D eigenvalue weighted by atomic mass is 10.4. The molecule has 64 valence electrons. The van der Waals surface area contributed by atoms with Crippen LogP contribution in [0, 0.1) is 4.91 Å². The summed E-state index contributed by atoms with van der Waals surface area (Å²) in [7, 11) is 0. The van der Waals surface area contributed by atoms with Crippen LogP contribution in [0.5, 0.6) is 0 Å². The van der Waals surface area contributed by atoms with Crippen LogP contribution in [0.25, 0.3) is 0 Å². The Morgan fingerprint density at radius 1 is 1.42 bits per heavy atom. The van der Waals surface area contributed by atoms with Crippen molar-refractivity contribution >= 4 is 44.8 Å². The molecule has 1 heterocycles. The van der Waals surface area contributed by atoms with E-state index in [1.165, 1.54) is 0 Å². The normalized spacial score (nSPS) is 9.92. The van der Waals surface area contributed by atoms with E-state index in [0.29, 0.717) is 11.0 Å². The Morgan fingerprint density at radius 3 is 2.58 bits per heavy atom. The average Bonchev–Trinajstić information content (AvgIpc) is 2.03. The SMILES string of the molecule is O=Nc1c(Cl)nc(Cl)nc1CBr. The molecule has 0 radical (unpaired) electrons. The van der Waals surface area contributed by atoms with Gasteiger partial charge in [0.05, 0.1) is 5.69 Å². The van der Waals surface area contributed by atoms with Crippen LogP contribution in [0.1, 0.15) is 5.69 Å². The number of hydrogen-bond donors (Lipinski definition) is 0. The Bertz CT molecular complexity index is 320. The molecule has 0 saturated carbocycles. The monoisotopic (exact) mass is 269 g/mol. The molecule has 1 aromatic heterocycles. The lowest BCUT2D eigenvalue weighted by Gasteiger charge is -1.99. The minimum Gasteiger partial charge on any atom is -0.220 e. The summed E-state index contributed by atoms with van der Waals surface area (Å²) in [5.41, 5.74) is 0.410. The van der Waals surface area contributed by atoms with Crippen LogP contribution in [0.4, 0.5) is 5.69 Å². The van der Waals surface area contributed by atoms with Gasteiger partial charge in [0.1, 0.15) is 0 Å². The first-order chi connectivity index (χ1) is 5.69. The number of hydrogen-bond acceptors (Lipinski definition) is 4. The van der Waals surface area contributed by atoms with Crippen molar-refractivity contribution in [2.24, 2.45) is 5.18 Å². The molecule has 0 unspecified atom stereocenters. The van der Waals surface area contributed by atoms with Crippen LogP contribution in [0.15, 0.2) is 5.18 Å². The van der Waals surface area contributed by atoms with Gasteiger partial charge in [-0.2, -0.15) is 0 Å². The van der Waals surface area contributed by atoms with E-state index in [-0.39, 0.29) is 16.1 Å². The van der Waals surface area contributed by atoms with Crippen molar-refractivity contribution in [3.8, 4) is 0 Å². The topological polar surface area (TPSA) is 55.2 Å². The summed E-state index contributed by atoms with van der Waals surface area (Å²) in [6, 6.07) is 0. The first-order valence-electron chi connectivity index (χ1n) is 2.80. The van der Waals surface area contributed by atoms with Gasteiger partial charge in [-0.25, -0.2) is 9.97 Å². The van der Waals surface area contributed by atoms with Crippen molar-refractivity contribution in [3.63, 3.8) is 0 Å². The van der Waals surface area contributed by atoms with Crippen LogP contribution in [0.3, 0.4) is 0 Å². The third kappa shape index (κ3) is 1.91. The fourth-order valence-corrected chi connectivity index (χ4v) is 1.47. The largest absolute Gasteiger partial charge is 0.224 e. The second-order valence-corrected chi connectivity index (χ2v) is 3.06. The lowest BCUT2D eigenvalue weighted by Crippen LogP contribution is -1.91. The zero-order valence-electron chi connectivity index (χ0n) is 5.59. The van der Waals surface area contributed by atoms with E-state index in [9.17, 15) is 4.91 Å². The highest BCUT2D eigenvalue weighted by atomic mass is 79.9. The van der Waals surface area contributed by atoms with Crippen molar-refractivity contribution in [2.75, 3.05) is 0 Å². The van der Waals surface area contributed by atoms with Gasteiger partial charge in [0.25, 0.3) is 0 Å². The number of rotatable bonds is 2. The second-order valence-electron chi connectivity index (χ2n) is 1.80. The molecule has 0 aromatic carbocycles. The Kier molecular flexibility index (Phi) is 3.37. The van der Waals surface area contributed by atoms with Crippen LogP contribution in [-0.2, 0) is 5.33 Å². The zero-order chi connectivity index (χ0) is 9.14. The van der Waals surface area contributed by atoms with Gasteiger partial charge in [-0.3, -0.25) is 0 Å². The molecule has 12 heavy (non-hydrogen) atoms. The summed E-state index contributed by atoms with van der Waals surface area (Å²) in [4.78, 5) is 17.6. The van der Waals surface area contributed by atoms with Gasteiger partial charge in [-0.1, -0.05) is 27.5 Å². The first-order valence-corrected chi connectivity index (χ1v) is 4.68. The van der Waals surface area contributed by atoms with E-state index >= 15 is 0 Å². The Balaban J connectivity index is 3.33. The van der Waals surface area contributed by atoms with Crippen LogP contribution in [-0.4, -0.2) is 9.97 Å². The average molecular weight is 271 g/mol. The number of nitroso groups, excluding NO2 is 1. The molecule has 1 rings (SSSR count). The predicted molar refractivity (Wildman–Crippen MR) is 50.1 cm³/mol. The predicted octanol–water partition coefficient (Wildman–Crippen LogP) is 3.08. The summed E-state index contributed by atoms with van der Waals surface area (Å²) in [5.74, 6) is 0. The molecule has 0 N–H and O–H groups in total. The van der Waals surface area contributed by atoms with Crippen LogP contribution in [0.2, 0.25) is 10.4 Å². The zero-order valence-corrected chi connectivity index (χ0v) is 8.69. The molecule has 1 aromatic rings. The quantitative estimate of drug-likeness (QED) is 0.359. The number of halogens is 3. The molecule has 0 fully saturated rings. The number of nitrogens with zero attached hydrogens (tertiary/aromatic N) is 3. The fraction of sp³-hybridized carbons (Fsp3) is 0.200. The van der Waals surface area contributed by atoms with Gasteiger partial charge < -0.3 is 0 Å². The minimum absolute atomic E-state index is 0.00171. The smallest absolute Gasteiger partial charge is 0.220 e. The Morgan fingerprint density at radius 2 is 2.08 bits per heavy atom. The Labute approximate surface area is 86.4 Å². The number of aromatic nitrogens is 2. The third-order valence-electron chi connectivity index (χ3n) is 1.10. The maximum atomic E-state index is 10.2. The molecule has 4 nitrogen and oxygen atoms in total. The van der Waals surface area contributed by atoms with Crippen LogP contribution >= 0.6 is 39.1 Å². The second kappa shape index (κ2) is 4.11. The standard InChI is InChI=1S/C5H2BrCl2N3O/c6-1-2-3(11-12)4(7)10-5(8)9-2/h1H2. The molecule has 0 spiro atoms. The van der Waals surface area contributed by atoms with E-state index in [1.54, 1.807) is 0 Å². The highest BCUT2D eigenvalue weighted by Gasteiger charge is 2.11. The highest BCUT2D eigenvalue weighted by Crippen LogP contribution is 2.28. The van der Waals surface area contributed by atoms with Crippen molar-refractivity contribution in [1.82, 2.24) is 9.97 Å². The van der Waals surface area contributed by atoms with Gasteiger partial charge in [-0.15, -0.1) is 4.91 Å². The van der Waals surface area contributed by atoms with Gasteiger partial charge in [0.15, 0.2) is 10.8 Å². The molecular weight excluding hydrogens is 269 g/mol. The maximum Gasteiger partial charge on any atom is 0.224 e. The van der Waals surface area contributed by atoms with Crippen molar-refractivity contribution < 1.29 is 0 Å². The summed E-state index contributed by atoms with van der Waals surface area (Å²) < 4.78 is 0. The maximum absolute atomic E-state index is 10.2. The fourth-order valence-electron chi connectivity index (χ4n) is 0.626. The van der Waals surface area contributed by atoms with E-state index in [0.717, 1.165) is 0 Å². The van der Waals surface area contributed by atoms with Crippen molar-refractivity contribution in [2.45, 2.75) is 5.33 Å². The van der Waals surface area contributed by atoms with E-state index in [1.807, 2.05) is 0 Å². The third-order valence-corrected chi connectivity index (χ3v) is 2.07. The van der Waals surface area contributed by atoms with Crippen molar-refractivity contribution in [3.05, 3.63) is 21.0 Å². The molecule has 0 bridgehead atoms. The summed E-state index contributed by atoms with van der Waals surface area (Å²) in [6.07, 6.45) is 0. The molecule has 0 atom stereocenters. The van der Waals surface area contributed by atoms with E-state index in [2.05, 4.69) is 31.1 Å². The van der Waals surface area contributed by atoms with Gasteiger partial charge >= 0.3 is 0 Å². The summed E-state index contributed by atoms with van der Waals surface area (Å²) in [5, 5.41) is 3.02. The first kappa shape index (κ1) is 9.83. The molecule has 0 aliphatic heterocycles. The molecule has 0 aliphatic rings. The Hall–Kier alpha value is -0.260. The lowest BCUT2D eigenvalue weighted by molar-refractivity contribution is 1.08. The summed E-state index contributed by atoms with van der Waals surface area (Å²) in [6.45, 7) is 0. The molecule has 0 saturated heterocycles. The van der Waals surface area contributed by atoms with Gasteiger partial charge in [0.2, 0.25) is 5.28 Å². The molecule has 0 amide bonds. The minimum atomic E-state index is -0.0283.